The van der Waals surface area contributed by atoms with Gasteiger partial charge in [0.25, 0.3) is 0 Å². The first-order valence-corrected chi connectivity index (χ1v) is 6.04. The Morgan fingerprint density at radius 1 is 1.44 bits per heavy atom. The molecule has 0 fully saturated rings. The van der Waals surface area contributed by atoms with Gasteiger partial charge in [-0.25, -0.2) is 0 Å². The average Bonchev–Trinajstić information content (AvgIpc) is 2.16. The van der Waals surface area contributed by atoms with Crippen LogP contribution >= 0.6 is 0 Å². The van der Waals surface area contributed by atoms with Crippen LogP contribution in [-0.2, 0) is 0 Å². The summed E-state index contributed by atoms with van der Waals surface area (Å²) in [5, 5.41) is 9.88. The first kappa shape index (κ1) is 13.2. The third kappa shape index (κ3) is 3.08. The smallest absolute Gasteiger partial charge is 0.0981 e. The highest BCUT2D eigenvalue weighted by atomic mass is 16.3. The van der Waals surface area contributed by atoms with Gasteiger partial charge in [-0.3, -0.25) is 0 Å². The Morgan fingerprint density at radius 2 is 2.06 bits per heavy atom. The van der Waals surface area contributed by atoms with Crippen LogP contribution in [0.5, 0.6) is 0 Å². The van der Waals surface area contributed by atoms with Gasteiger partial charge >= 0.3 is 0 Å². The Kier molecular flexibility index (Phi) is 3.80. The lowest BCUT2D eigenvalue weighted by molar-refractivity contribution is 0.164. The second-order valence-corrected chi connectivity index (χ2v) is 5.69. The van der Waals surface area contributed by atoms with E-state index in [-0.39, 0.29) is 5.41 Å². The van der Waals surface area contributed by atoms with Crippen LogP contribution in [0.1, 0.15) is 47.0 Å². The second-order valence-electron chi connectivity index (χ2n) is 5.69. The van der Waals surface area contributed by atoms with Gasteiger partial charge in [0.15, 0.2) is 0 Å². The minimum atomic E-state index is -0.902. The summed E-state index contributed by atoms with van der Waals surface area (Å²) < 4.78 is 0. The van der Waals surface area contributed by atoms with E-state index in [0.29, 0.717) is 0 Å². The van der Waals surface area contributed by atoms with Crippen molar-refractivity contribution in [2.75, 3.05) is 0 Å². The van der Waals surface area contributed by atoms with E-state index < -0.39 is 5.60 Å². The van der Waals surface area contributed by atoms with Crippen LogP contribution in [0.2, 0.25) is 0 Å². The quantitative estimate of drug-likeness (QED) is 0.713. The van der Waals surface area contributed by atoms with Gasteiger partial charge in [-0.2, -0.15) is 0 Å². The highest BCUT2D eigenvalue weighted by Crippen LogP contribution is 2.40. The van der Waals surface area contributed by atoms with Crippen LogP contribution in [-0.4, -0.2) is 10.7 Å². The standard InChI is InChI=1S/C15H24O/c1-6-15(5,16)11-9-13-12(2)8-7-10-14(13,3)4/h6,9,11,16H,1,7-8,10H2,2-5H3/b11-9-/t15-/m1/s1. The summed E-state index contributed by atoms with van der Waals surface area (Å²) in [7, 11) is 0. The molecule has 0 aromatic carbocycles. The highest BCUT2D eigenvalue weighted by molar-refractivity contribution is 5.34. The lowest BCUT2D eigenvalue weighted by Crippen LogP contribution is -2.21. The van der Waals surface area contributed by atoms with E-state index in [9.17, 15) is 5.11 Å². The Bertz CT molecular complexity index is 329. The molecule has 0 bridgehead atoms. The summed E-state index contributed by atoms with van der Waals surface area (Å²) in [6.45, 7) is 12.1. The van der Waals surface area contributed by atoms with Crippen molar-refractivity contribution in [3.8, 4) is 0 Å². The van der Waals surface area contributed by atoms with Crippen molar-refractivity contribution in [3.05, 3.63) is 36.0 Å². The van der Waals surface area contributed by atoms with Gasteiger partial charge in [-0.05, 0) is 50.2 Å². The summed E-state index contributed by atoms with van der Waals surface area (Å²) >= 11 is 0. The molecule has 1 N–H and O–H groups in total. The molecule has 1 rings (SSSR count). The van der Waals surface area contributed by atoms with Crippen molar-refractivity contribution in [1.29, 1.82) is 0 Å². The third-order valence-corrected chi connectivity index (χ3v) is 3.54. The minimum Gasteiger partial charge on any atom is -0.382 e. The van der Waals surface area contributed by atoms with Gasteiger partial charge in [0.05, 0.1) is 5.60 Å². The zero-order chi connectivity index (χ0) is 12.4. The Balaban J connectivity index is 2.98. The normalized spacial score (nSPS) is 24.6. The van der Waals surface area contributed by atoms with Crippen molar-refractivity contribution in [2.24, 2.45) is 5.41 Å². The summed E-state index contributed by atoms with van der Waals surface area (Å²) in [5.74, 6) is 0. The molecule has 0 heterocycles. The first-order chi connectivity index (χ1) is 7.28. The van der Waals surface area contributed by atoms with E-state index >= 15 is 0 Å². The lowest BCUT2D eigenvalue weighted by Gasteiger charge is -2.33. The summed E-state index contributed by atoms with van der Waals surface area (Å²) in [4.78, 5) is 0. The van der Waals surface area contributed by atoms with Crippen molar-refractivity contribution in [2.45, 2.75) is 52.6 Å². The van der Waals surface area contributed by atoms with Gasteiger partial charge in [-0.1, -0.05) is 38.2 Å². The fourth-order valence-electron chi connectivity index (χ4n) is 2.33. The fourth-order valence-corrected chi connectivity index (χ4v) is 2.33. The predicted molar refractivity (Wildman–Crippen MR) is 70.3 cm³/mol. The summed E-state index contributed by atoms with van der Waals surface area (Å²) in [5.41, 5.74) is 2.16. The third-order valence-electron chi connectivity index (χ3n) is 3.54. The topological polar surface area (TPSA) is 20.2 Å². The van der Waals surface area contributed by atoms with E-state index in [4.69, 9.17) is 0 Å². The van der Waals surface area contributed by atoms with E-state index in [1.807, 2.05) is 6.08 Å². The van der Waals surface area contributed by atoms with Gasteiger partial charge in [0, 0.05) is 0 Å². The maximum Gasteiger partial charge on any atom is 0.0981 e. The fraction of sp³-hybridized carbons (Fsp3) is 0.600. The Labute approximate surface area is 99.6 Å². The lowest BCUT2D eigenvalue weighted by atomic mass is 9.72. The van der Waals surface area contributed by atoms with Crippen molar-refractivity contribution in [3.63, 3.8) is 0 Å². The summed E-state index contributed by atoms with van der Waals surface area (Å²) in [6.07, 6.45) is 9.16. The molecule has 16 heavy (non-hydrogen) atoms. The number of hydrogen-bond acceptors (Lipinski definition) is 1. The summed E-state index contributed by atoms with van der Waals surface area (Å²) in [6, 6.07) is 0. The van der Waals surface area contributed by atoms with Crippen LogP contribution < -0.4 is 0 Å². The molecule has 1 nitrogen and oxygen atoms in total. The molecule has 0 aromatic rings. The van der Waals surface area contributed by atoms with Crippen molar-refractivity contribution >= 4 is 0 Å². The maximum absolute atomic E-state index is 9.88. The Hall–Kier alpha value is -0.820. The molecule has 1 atom stereocenters. The first-order valence-electron chi connectivity index (χ1n) is 6.04. The molecule has 0 spiro atoms. The van der Waals surface area contributed by atoms with E-state index in [1.165, 1.54) is 30.4 Å². The number of rotatable bonds is 3. The van der Waals surface area contributed by atoms with E-state index in [2.05, 4.69) is 33.4 Å². The molecule has 0 aromatic heterocycles. The molecule has 1 heteroatoms. The average molecular weight is 220 g/mol. The van der Waals surface area contributed by atoms with Crippen LogP contribution in [0, 0.1) is 5.41 Å². The largest absolute Gasteiger partial charge is 0.382 e. The van der Waals surface area contributed by atoms with E-state index in [0.717, 1.165) is 0 Å². The molecule has 0 saturated carbocycles. The van der Waals surface area contributed by atoms with Gasteiger partial charge < -0.3 is 5.11 Å². The predicted octanol–water partition coefficient (Wildman–Crippen LogP) is 4.01. The molecule has 90 valence electrons. The number of hydrogen-bond donors (Lipinski definition) is 1. The molecule has 0 unspecified atom stereocenters. The molecular weight excluding hydrogens is 196 g/mol. The zero-order valence-electron chi connectivity index (χ0n) is 11.0. The number of aliphatic hydroxyl groups is 1. The monoisotopic (exact) mass is 220 g/mol. The van der Waals surface area contributed by atoms with Gasteiger partial charge in [0.2, 0.25) is 0 Å². The minimum absolute atomic E-state index is 0.232. The molecule has 0 saturated heterocycles. The maximum atomic E-state index is 9.88. The van der Waals surface area contributed by atoms with E-state index in [1.54, 1.807) is 13.0 Å². The van der Waals surface area contributed by atoms with Crippen LogP contribution in [0.25, 0.3) is 0 Å². The van der Waals surface area contributed by atoms with Crippen LogP contribution in [0.15, 0.2) is 36.0 Å². The zero-order valence-corrected chi connectivity index (χ0v) is 11.0. The molecular formula is C15H24O. The molecule has 1 aliphatic carbocycles. The highest BCUT2D eigenvalue weighted by Gasteiger charge is 2.27. The Morgan fingerprint density at radius 3 is 2.56 bits per heavy atom. The van der Waals surface area contributed by atoms with Gasteiger partial charge in [0.1, 0.15) is 0 Å². The molecule has 1 aliphatic rings. The van der Waals surface area contributed by atoms with Crippen molar-refractivity contribution in [1.82, 2.24) is 0 Å². The molecule has 0 amide bonds. The van der Waals surface area contributed by atoms with Gasteiger partial charge in [-0.15, -0.1) is 0 Å². The van der Waals surface area contributed by atoms with Crippen molar-refractivity contribution < 1.29 is 5.11 Å². The second kappa shape index (κ2) is 4.58. The number of allylic oxidation sites excluding steroid dienone is 3. The SMILES string of the molecule is C=C[C@@](C)(O)/C=C\C1=C(C)CCCC1(C)C. The van der Waals surface area contributed by atoms with Crippen LogP contribution in [0.3, 0.4) is 0 Å². The van der Waals surface area contributed by atoms with Crippen LogP contribution in [0.4, 0.5) is 0 Å². The molecule has 0 radical (unpaired) electrons. The molecule has 0 aliphatic heterocycles.